The molecule has 3 aliphatic rings. The van der Waals surface area contributed by atoms with Crippen molar-refractivity contribution in [2.75, 3.05) is 45.9 Å². The summed E-state index contributed by atoms with van der Waals surface area (Å²) in [5.41, 5.74) is 0.663. The Morgan fingerprint density at radius 1 is 1.00 bits per heavy atom. The van der Waals surface area contributed by atoms with Crippen LogP contribution in [-0.2, 0) is 4.74 Å². The molecule has 3 fully saturated rings. The Kier molecular flexibility index (Phi) is 6.62. The summed E-state index contributed by atoms with van der Waals surface area (Å²) in [4.78, 5) is 5.48. The van der Waals surface area contributed by atoms with Crippen molar-refractivity contribution in [1.82, 2.24) is 9.80 Å². The van der Waals surface area contributed by atoms with Crippen molar-refractivity contribution < 1.29 is 4.74 Å². The zero-order chi connectivity index (χ0) is 17.0. The van der Waals surface area contributed by atoms with E-state index in [4.69, 9.17) is 4.74 Å². The molecule has 0 aromatic rings. The summed E-state index contributed by atoms with van der Waals surface area (Å²) in [6, 6.07) is 0. The molecule has 0 N–H and O–H groups in total. The van der Waals surface area contributed by atoms with E-state index in [0.29, 0.717) is 11.5 Å². The number of hydrogen-bond acceptors (Lipinski definition) is 3. The maximum atomic E-state index is 5.78. The van der Waals surface area contributed by atoms with Crippen molar-refractivity contribution >= 4 is 0 Å². The normalized spacial score (nSPS) is 28.1. The van der Waals surface area contributed by atoms with Crippen molar-refractivity contribution in [3.05, 3.63) is 0 Å². The van der Waals surface area contributed by atoms with E-state index in [-0.39, 0.29) is 0 Å². The van der Waals surface area contributed by atoms with Gasteiger partial charge in [-0.05, 0) is 88.9 Å². The van der Waals surface area contributed by atoms with Gasteiger partial charge in [-0.15, -0.1) is 0 Å². The van der Waals surface area contributed by atoms with Crippen LogP contribution in [0.25, 0.3) is 0 Å². The SMILES string of the molecule is CCOC1CC2(CCN(CC3CCN(CC(C)CC)CC3)CC2)C1. The van der Waals surface area contributed by atoms with Crippen LogP contribution in [-0.4, -0.2) is 61.8 Å². The standard InChI is InChI=1S/C21H40N2O/c1-4-18(3)16-22-10-6-19(7-11-22)17-23-12-8-21(9-13-23)14-20(15-21)24-5-2/h18-20H,4-17H2,1-3H3. The highest BCUT2D eigenvalue weighted by Gasteiger charge is 2.46. The third-order valence-corrected chi connectivity index (χ3v) is 7.13. The third kappa shape index (κ3) is 4.74. The van der Waals surface area contributed by atoms with E-state index < -0.39 is 0 Å². The fourth-order valence-corrected chi connectivity index (χ4v) is 5.16. The number of nitrogens with zero attached hydrogens (tertiary/aromatic N) is 2. The van der Waals surface area contributed by atoms with E-state index in [1.165, 1.54) is 84.2 Å². The van der Waals surface area contributed by atoms with Gasteiger partial charge in [-0.3, -0.25) is 0 Å². The molecule has 2 heterocycles. The fraction of sp³-hybridized carbons (Fsp3) is 1.00. The molecular weight excluding hydrogens is 296 g/mol. The molecule has 140 valence electrons. The van der Waals surface area contributed by atoms with Gasteiger partial charge in [0.25, 0.3) is 0 Å². The van der Waals surface area contributed by atoms with Crippen molar-refractivity contribution in [3.8, 4) is 0 Å². The highest BCUT2D eigenvalue weighted by Crippen LogP contribution is 2.50. The lowest BCUT2D eigenvalue weighted by Gasteiger charge is -2.52. The second kappa shape index (κ2) is 8.51. The van der Waals surface area contributed by atoms with Gasteiger partial charge in [0.05, 0.1) is 6.10 Å². The van der Waals surface area contributed by atoms with Gasteiger partial charge >= 0.3 is 0 Å². The second-order valence-corrected chi connectivity index (χ2v) is 9.04. The molecule has 3 rings (SSSR count). The van der Waals surface area contributed by atoms with E-state index in [9.17, 15) is 0 Å². The summed E-state index contributed by atoms with van der Waals surface area (Å²) in [6.07, 6.45) is 10.3. The van der Waals surface area contributed by atoms with Crippen molar-refractivity contribution in [2.45, 2.75) is 71.8 Å². The monoisotopic (exact) mass is 336 g/mol. The fourth-order valence-electron chi connectivity index (χ4n) is 5.16. The van der Waals surface area contributed by atoms with Crippen LogP contribution >= 0.6 is 0 Å². The van der Waals surface area contributed by atoms with Gasteiger partial charge < -0.3 is 14.5 Å². The quantitative estimate of drug-likeness (QED) is 0.698. The van der Waals surface area contributed by atoms with Gasteiger partial charge in [0.1, 0.15) is 0 Å². The Labute approximate surface area is 150 Å². The predicted octanol–water partition coefficient (Wildman–Crippen LogP) is 4.03. The highest BCUT2D eigenvalue weighted by molar-refractivity contribution is 4.98. The minimum atomic E-state index is 0.580. The molecule has 0 bridgehead atoms. The van der Waals surface area contributed by atoms with E-state index in [1.807, 2.05) is 0 Å². The smallest absolute Gasteiger partial charge is 0.0585 e. The van der Waals surface area contributed by atoms with Crippen molar-refractivity contribution in [2.24, 2.45) is 17.3 Å². The second-order valence-electron chi connectivity index (χ2n) is 9.04. The Bertz CT molecular complexity index is 362. The van der Waals surface area contributed by atoms with Crippen LogP contribution in [0.2, 0.25) is 0 Å². The number of hydrogen-bond donors (Lipinski definition) is 0. The van der Waals surface area contributed by atoms with Gasteiger partial charge in [0.2, 0.25) is 0 Å². The van der Waals surface area contributed by atoms with E-state index >= 15 is 0 Å². The highest BCUT2D eigenvalue weighted by atomic mass is 16.5. The molecule has 0 aromatic heterocycles. The van der Waals surface area contributed by atoms with Gasteiger partial charge in [-0.1, -0.05) is 20.3 Å². The molecule has 24 heavy (non-hydrogen) atoms. The summed E-state index contributed by atoms with van der Waals surface area (Å²) < 4.78 is 5.78. The number of likely N-dealkylation sites (tertiary alicyclic amines) is 2. The Balaban J connectivity index is 1.32. The first-order valence-corrected chi connectivity index (χ1v) is 10.7. The van der Waals surface area contributed by atoms with Crippen LogP contribution in [0.1, 0.15) is 65.7 Å². The molecule has 0 radical (unpaired) electrons. The Morgan fingerprint density at radius 3 is 2.25 bits per heavy atom. The van der Waals surface area contributed by atoms with Crippen molar-refractivity contribution in [3.63, 3.8) is 0 Å². The molecule has 2 saturated heterocycles. The van der Waals surface area contributed by atoms with Gasteiger partial charge in [0.15, 0.2) is 0 Å². The zero-order valence-electron chi connectivity index (χ0n) is 16.4. The first-order valence-electron chi connectivity index (χ1n) is 10.7. The van der Waals surface area contributed by atoms with E-state index in [0.717, 1.165) is 18.4 Å². The third-order valence-electron chi connectivity index (χ3n) is 7.13. The van der Waals surface area contributed by atoms with Gasteiger partial charge in [-0.2, -0.15) is 0 Å². The molecule has 1 aliphatic carbocycles. The molecule has 0 amide bonds. The number of ether oxygens (including phenoxy) is 1. The predicted molar refractivity (Wildman–Crippen MR) is 101 cm³/mol. The van der Waals surface area contributed by atoms with Crippen LogP contribution in [0.3, 0.4) is 0 Å². The van der Waals surface area contributed by atoms with Crippen LogP contribution < -0.4 is 0 Å². The first-order chi connectivity index (χ1) is 11.6. The Morgan fingerprint density at radius 2 is 1.67 bits per heavy atom. The summed E-state index contributed by atoms with van der Waals surface area (Å²) in [6.45, 7) is 15.8. The maximum absolute atomic E-state index is 5.78. The van der Waals surface area contributed by atoms with E-state index in [1.54, 1.807) is 0 Å². The molecule has 0 aromatic carbocycles. The first kappa shape index (κ1) is 18.7. The summed E-state index contributed by atoms with van der Waals surface area (Å²) in [5.74, 6) is 1.81. The van der Waals surface area contributed by atoms with Crippen LogP contribution in [0.15, 0.2) is 0 Å². The Hall–Kier alpha value is -0.120. The molecule has 2 aliphatic heterocycles. The van der Waals surface area contributed by atoms with Crippen molar-refractivity contribution in [1.29, 1.82) is 0 Å². The van der Waals surface area contributed by atoms with Crippen LogP contribution in [0.5, 0.6) is 0 Å². The molecule has 1 unspecified atom stereocenters. The average Bonchev–Trinajstić information content (AvgIpc) is 2.57. The average molecular weight is 337 g/mol. The van der Waals surface area contributed by atoms with Gasteiger partial charge in [-0.25, -0.2) is 0 Å². The lowest BCUT2D eigenvalue weighted by Crippen LogP contribution is -2.51. The summed E-state index contributed by atoms with van der Waals surface area (Å²) in [7, 11) is 0. The van der Waals surface area contributed by atoms with E-state index in [2.05, 4.69) is 30.6 Å². The molecule has 1 saturated carbocycles. The molecule has 1 spiro atoms. The lowest BCUT2D eigenvalue weighted by molar-refractivity contribution is -0.102. The van der Waals surface area contributed by atoms with Crippen LogP contribution in [0.4, 0.5) is 0 Å². The van der Waals surface area contributed by atoms with Crippen LogP contribution in [0, 0.1) is 17.3 Å². The molecule has 3 nitrogen and oxygen atoms in total. The molecular formula is C21H40N2O. The van der Waals surface area contributed by atoms with Gasteiger partial charge in [0, 0.05) is 19.7 Å². The molecule has 3 heteroatoms. The lowest BCUT2D eigenvalue weighted by atomic mass is 9.61. The summed E-state index contributed by atoms with van der Waals surface area (Å²) in [5, 5.41) is 0. The minimum Gasteiger partial charge on any atom is -0.378 e. The largest absolute Gasteiger partial charge is 0.378 e. The topological polar surface area (TPSA) is 15.7 Å². The number of rotatable bonds is 7. The minimum absolute atomic E-state index is 0.580. The zero-order valence-corrected chi connectivity index (χ0v) is 16.4. The maximum Gasteiger partial charge on any atom is 0.0585 e. The summed E-state index contributed by atoms with van der Waals surface area (Å²) >= 11 is 0. The molecule has 1 atom stereocenters. The number of piperidine rings is 2.